The van der Waals surface area contributed by atoms with E-state index >= 15 is 0 Å². The molecule has 2 rings (SSSR count). The van der Waals surface area contributed by atoms with Gasteiger partial charge >= 0.3 is 0 Å². The van der Waals surface area contributed by atoms with Crippen LogP contribution < -0.4 is 5.56 Å². The van der Waals surface area contributed by atoms with E-state index in [1.807, 2.05) is 11.8 Å². The van der Waals surface area contributed by atoms with Crippen molar-refractivity contribution in [2.75, 3.05) is 27.2 Å². The fraction of sp³-hybridized carbons (Fsp3) is 0.611. The van der Waals surface area contributed by atoms with Crippen molar-refractivity contribution < 1.29 is 9.59 Å². The summed E-state index contributed by atoms with van der Waals surface area (Å²) in [5.74, 6) is 0.392. The summed E-state index contributed by atoms with van der Waals surface area (Å²) in [5.41, 5.74) is 0.309. The lowest BCUT2D eigenvalue weighted by molar-refractivity contribution is -0.129. The van der Waals surface area contributed by atoms with Gasteiger partial charge in [-0.1, -0.05) is 0 Å². The molecule has 0 radical (unpaired) electrons. The maximum Gasteiger partial charge on any atom is 0.254 e. The lowest BCUT2D eigenvalue weighted by Gasteiger charge is -2.33. The highest BCUT2D eigenvalue weighted by molar-refractivity contribution is 5.94. The van der Waals surface area contributed by atoms with E-state index in [2.05, 4.69) is 0 Å². The van der Waals surface area contributed by atoms with E-state index in [-0.39, 0.29) is 17.4 Å². The van der Waals surface area contributed by atoms with E-state index in [0.29, 0.717) is 37.5 Å². The molecule has 1 aliphatic rings. The molecule has 0 spiro atoms. The smallest absolute Gasteiger partial charge is 0.254 e. The summed E-state index contributed by atoms with van der Waals surface area (Å²) in [6.45, 7) is 3.87. The van der Waals surface area contributed by atoms with Gasteiger partial charge in [-0.05, 0) is 38.2 Å². The second kappa shape index (κ2) is 8.13. The molecule has 0 aliphatic carbocycles. The normalized spacial score (nSPS) is 17.6. The van der Waals surface area contributed by atoms with E-state index < -0.39 is 0 Å². The number of amides is 2. The van der Waals surface area contributed by atoms with Gasteiger partial charge in [0.1, 0.15) is 0 Å². The molecule has 1 aliphatic heterocycles. The Morgan fingerprint density at radius 2 is 2.08 bits per heavy atom. The molecule has 1 aromatic rings. The molecule has 6 nitrogen and oxygen atoms in total. The first-order chi connectivity index (χ1) is 11.4. The van der Waals surface area contributed by atoms with Crippen LogP contribution in [0.15, 0.2) is 23.1 Å². The third-order valence-corrected chi connectivity index (χ3v) is 4.66. The van der Waals surface area contributed by atoms with Gasteiger partial charge in [-0.3, -0.25) is 14.4 Å². The van der Waals surface area contributed by atoms with Crippen LogP contribution in [0.2, 0.25) is 0 Å². The van der Waals surface area contributed by atoms with Gasteiger partial charge in [-0.15, -0.1) is 0 Å². The number of nitrogens with zero attached hydrogens (tertiary/aromatic N) is 3. The molecule has 24 heavy (non-hydrogen) atoms. The molecule has 0 aromatic carbocycles. The minimum Gasteiger partial charge on any atom is -0.349 e. The number of aryl methyl sites for hydroxylation is 1. The highest BCUT2D eigenvalue weighted by Gasteiger charge is 2.25. The predicted molar refractivity (Wildman–Crippen MR) is 92.9 cm³/mol. The molecule has 1 aromatic heterocycles. The van der Waals surface area contributed by atoms with Crippen LogP contribution in [0.25, 0.3) is 0 Å². The van der Waals surface area contributed by atoms with Crippen molar-refractivity contribution in [1.29, 1.82) is 0 Å². The summed E-state index contributed by atoms with van der Waals surface area (Å²) in [7, 11) is 3.52. The maximum absolute atomic E-state index is 12.6. The van der Waals surface area contributed by atoms with Crippen LogP contribution in [0.3, 0.4) is 0 Å². The van der Waals surface area contributed by atoms with Gasteiger partial charge in [0.05, 0.1) is 0 Å². The van der Waals surface area contributed by atoms with Crippen molar-refractivity contribution in [3.63, 3.8) is 0 Å². The Kier molecular flexibility index (Phi) is 6.17. The maximum atomic E-state index is 12.6. The summed E-state index contributed by atoms with van der Waals surface area (Å²) < 4.78 is 1.57. The Balaban J connectivity index is 1.98. The van der Waals surface area contributed by atoms with Crippen LogP contribution in [-0.4, -0.2) is 53.4 Å². The largest absolute Gasteiger partial charge is 0.349 e. The number of likely N-dealkylation sites (tertiary alicyclic amines) is 1. The van der Waals surface area contributed by atoms with Crippen LogP contribution in [-0.2, 0) is 11.3 Å². The summed E-state index contributed by atoms with van der Waals surface area (Å²) in [4.78, 5) is 39.7. The molecular formula is C18H27N3O3. The highest BCUT2D eigenvalue weighted by Crippen LogP contribution is 2.22. The molecule has 0 N–H and O–H groups in total. The number of hydrogen-bond donors (Lipinski definition) is 0. The zero-order valence-corrected chi connectivity index (χ0v) is 14.8. The Bertz CT molecular complexity index is 651. The third-order valence-electron chi connectivity index (χ3n) is 4.66. The van der Waals surface area contributed by atoms with Crippen molar-refractivity contribution in [1.82, 2.24) is 14.4 Å². The first-order valence-corrected chi connectivity index (χ1v) is 8.62. The summed E-state index contributed by atoms with van der Waals surface area (Å²) >= 11 is 0. The number of aromatic nitrogens is 1. The summed E-state index contributed by atoms with van der Waals surface area (Å²) in [6.07, 6.45) is 4.98. The first kappa shape index (κ1) is 18.2. The minimum atomic E-state index is -0.145. The minimum absolute atomic E-state index is 0.0843. The second-order valence-corrected chi connectivity index (χ2v) is 6.63. The summed E-state index contributed by atoms with van der Waals surface area (Å²) in [5, 5.41) is 0. The van der Waals surface area contributed by atoms with Gasteiger partial charge in [-0.25, -0.2) is 0 Å². The van der Waals surface area contributed by atoms with Crippen molar-refractivity contribution in [2.24, 2.45) is 5.92 Å². The zero-order valence-electron chi connectivity index (χ0n) is 14.8. The number of piperidine rings is 1. The van der Waals surface area contributed by atoms with Crippen molar-refractivity contribution in [3.05, 3.63) is 34.2 Å². The third kappa shape index (κ3) is 4.46. The number of rotatable bonds is 5. The molecule has 2 amide bonds. The van der Waals surface area contributed by atoms with E-state index in [0.717, 1.165) is 19.3 Å². The SMILES string of the molecule is CCn1ccc(C(=O)N2CCCC(CCC(=O)N(C)C)C2)cc1=O. The number of carbonyl (C=O) groups is 2. The van der Waals surface area contributed by atoms with E-state index in [4.69, 9.17) is 0 Å². The van der Waals surface area contributed by atoms with Crippen molar-refractivity contribution in [3.8, 4) is 0 Å². The van der Waals surface area contributed by atoms with E-state index in [1.54, 1.807) is 35.8 Å². The van der Waals surface area contributed by atoms with E-state index in [1.165, 1.54) is 6.07 Å². The fourth-order valence-electron chi connectivity index (χ4n) is 3.12. The lowest BCUT2D eigenvalue weighted by Crippen LogP contribution is -2.40. The predicted octanol–water partition coefficient (Wildman–Crippen LogP) is 1.59. The van der Waals surface area contributed by atoms with Gasteiger partial charge in [0.25, 0.3) is 11.5 Å². The second-order valence-electron chi connectivity index (χ2n) is 6.63. The first-order valence-electron chi connectivity index (χ1n) is 8.62. The van der Waals surface area contributed by atoms with Crippen LogP contribution >= 0.6 is 0 Å². The fourth-order valence-corrected chi connectivity index (χ4v) is 3.12. The van der Waals surface area contributed by atoms with Crippen molar-refractivity contribution in [2.45, 2.75) is 39.2 Å². The topological polar surface area (TPSA) is 62.6 Å². The van der Waals surface area contributed by atoms with Crippen LogP contribution in [0, 0.1) is 5.92 Å². The monoisotopic (exact) mass is 333 g/mol. The molecule has 2 heterocycles. The van der Waals surface area contributed by atoms with Gasteiger partial charge in [0, 0.05) is 58.0 Å². The molecule has 1 fully saturated rings. The van der Waals surface area contributed by atoms with Crippen molar-refractivity contribution >= 4 is 11.8 Å². The molecule has 0 saturated carbocycles. The zero-order chi connectivity index (χ0) is 17.7. The number of hydrogen-bond acceptors (Lipinski definition) is 3. The molecule has 6 heteroatoms. The van der Waals surface area contributed by atoms with E-state index in [9.17, 15) is 14.4 Å². The van der Waals surface area contributed by atoms with Gasteiger partial charge in [-0.2, -0.15) is 0 Å². The molecule has 1 saturated heterocycles. The van der Waals surface area contributed by atoms with Crippen LogP contribution in [0.4, 0.5) is 0 Å². The molecule has 132 valence electrons. The van der Waals surface area contributed by atoms with Gasteiger partial charge in [0.15, 0.2) is 0 Å². The average Bonchev–Trinajstić information content (AvgIpc) is 2.59. The standard InChI is InChI=1S/C18H27N3O3/c1-4-20-11-9-15(12-17(20)23)18(24)21-10-5-6-14(13-21)7-8-16(22)19(2)3/h9,11-12,14H,4-8,10,13H2,1-3H3. The number of carbonyl (C=O) groups excluding carboxylic acids is 2. The summed E-state index contributed by atoms with van der Waals surface area (Å²) in [6, 6.07) is 3.14. The Morgan fingerprint density at radius 3 is 2.71 bits per heavy atom. The molecule has 1 atom stereocenters. The quantitative estimate of drug-likeness (QED) is 0.822. The molecule has 1 unspecified atom stereocenters. The molecular weight excluding hydrogens is 306 g/mol. The molecule has 0 bridgehead atoms. The number of pyridine rings is 1. The Labute approximate surface area is 143 Å². The highest BCUT2D eigenvalue weighted by atomic mass is 16.2. The average molecular weight is 333 g/mol. The van der Waals surface area contributed by atoms with Gasteiger partial charge < -0.3 is 14.4 Å². The lowest BCUT2D eigenvalue weighted by atomic mass is 9.92. The van der Waals surface area contributed by atoms with Crippen LogP contribution in [0.5, 0.6) is 0 Å². The van der Waals surface area contributed by atoms with Crippen LogP contribution in [0.1, 0.15) is 43.0 Å². The van der Waals surface area contributed by atoms with Gasteiger partial charge in [0.2, 0.25) is 5.91 Å². The Hall–Kier alpha value is -2.11. The Morgan fingerprint density at radius 1 is 1.33 bits per heavy atom.